The van der Waals surface area contributed by atoms with Crippen molar-refractivity contribution in [3.05, 3.63) is 0 Å². The largest absolute Gasteiger partial charge is 0.370 e. The molecule has 5 aliphatic carbocycles. The number of hydrogen-bond donors (Lipinski definition) is 2. The number of nitrogens with zero attached hydrogens (tertiary/aromatic N) is 5. The summed E-state index contributed by atoms with van der Waals surface area (Å²) in [6.45, 7) is 12.2. The second-order valence-corrected chi connectivity index (χ2v) is 16.9. The van der Waals surface area contributed by atoms with Gasteiger partial charge in [-0.25, -0.2) is 0 Å². The first-order valence-electron chi connectivity index (χ1n) is 18.8. The van der Waals surface area contributed by atoms with Crippen LogP contribution in [0.1, 0.15) is 124 Å². The highest BCUT2D eigenvalue weighted by Gasteiger charge is 2.53. The summed E-state index contributed by atoms with van der Waals surface area (Å²) in [5.74, 6) is 5.92. The molecule has 8 aliphatic rings. The third-order valence-corrected chi connectivity index (χ3v) is 13.4. The number of rotatable bonds is 11. The molecule has 7 fully saturated rings. The van der Waals surface area contributed by atoms with Crippen LogP contribution >= 0.6 is 0 Å². The van der Waals surface area contributed by atoms with E-state index < -0.39 is 0 Å². The summed E-state index contributed by atoms with van der Waals surface area (Å²) in [5.41, 5.74) is 7.00. The summed E-state index contributed by atoms with van der Waals surface area (Å²) in [6, 6.07) is 1.43. The molecule has 7 nitrogen and oxygen atoms in total. The van der Waals surface area contributed by atoms with Crippen molar-refractivity contribution in [1.82, 2.24) is 19.6 Å². The van der Waals surface area contributed by atoms with Gasteiger partial charge in [-0.3, -0.25) is 15.3 Å². The van der Waals surface area contributed by atoms with Gasteiger partial charge in [-0.1, -0.05) is 59.3 Å². The van der Waals surface area contributed by atoms with Gasteiger partial charge in [0.2, 0.25) is 0 Å². The lowest BCUT2D eigenvalue weighted by Gasteiger charge is -2.58. The topological polar surface area (TPSA) is 75.2 Å². The lowest BCUT2D eigenvalue weighted by Crippen LogP contribution is -2.57. The summed E-state index contributed by atoms with van der Waals surface area (Å²) in [4.78, 5) is 15.3. The second-order valence-electron chi connectivity index (χ2n) is 16.9. The van der Waals surface area contributed by atoms with Crippen LogP contribution in [0.25, 0.3) is 0 Å². The number of hydrogen-bond acceptors (Lipinski definition) is 5. The van der Waals surface area contributed by atoms with E-state index in [1.165, 1.54) is 103 Å². The molecule has 3 aliphatic heterocycles. The Balaban J connectivity index is 1.13. The lowest BCUT2D eigenvalue weighted by molar-refractivity contribution is -0.0638. The molecule has 0 aromatic heterocycles. The quantitative estimate of drug-likeness (QED) is 0.292. The van der Waals surface area contributed by atoms with E-state index in [2.05, 4.69) is 40.4 Å². The Kier molecular flexibility index (Phi) is 8.67. The molecule has 242 valence electrons. The van der Waals surface area contributed by atoms with E-state index in [0.29, 0.717) is 35.6 Å². The van der Waals surface area contributed by atoms with Crippen molar-refractivity contribution in [3.8, 4) is 0 Å². The highest BCUT2D eigenvalue weighted by atomic mass is 15.5. The maximum Gasteiger partial charge on any atom is 0.195 e. The van der Waals surface area contributed by atoms with Gasteiger partial charge in [0.15, 0.2) is 11.9 Å². The van der Waals surface area contributed by atoms with E-state index in [4.69, 9.17) is 10.7 Å². The van der Waals surface area contributed by atoms with Crippen molar-refractivity contribution < 1.29 is 0 Å². The molecular formula is C36H63N7. The van der Waals surface area contributed by atoms with E-state index in [9.17, 15) is 5.41 Å². The van der Waals surface area contributed by atoms with Crippen LogP contribution in [0.3, 0.4) is 0 Å². The standard InChI is InChI=1S/C36H63N7/c1-4-9-30-23-42(35(38)43(30)24-36-18-27-14-28(19-36)16-29(15-27)20-36)33(17-26-10-6-5-7-11-26)40-13-8-12-31(40)22-41-32(25(2)3)21-39-34(41)37/h25-33,38H,4-24H2,1-3H3,(H2,37,39)/t27?,28?,29?,30-,31+,32+,33-,36?/m1/s1. The Hall–Kier alpha value is -1.50. The number of nitrogens with two attached hydrogens (primary N) is 1. The molecule has 43 heavy (non-hydrogen) atoms. The SMILES string of the molecule is CCC[C@@H]1CN([C@H](CC2CCCCC2)N2CCC[C@H]2CN2C(N)=NC[C@H]2C(C)C)C(=N)N1CC12CC3CC(CC(C3)C1)C2. The van der Waals surface area contributed by atoms with Crippen LogP contribution in [0, 0.1) is 40.4 Å². The second kappa shape index (κ2) is 12.4. The van der Waals surface area contributed by atoms with E-state index in [1.54, 1.807) is 0 Å². The minimum atomic E-state index is 0.349. The van der Waals surface area contributed by atoms with Crippen LogP contribution in [0.2, 0.25) is 0 Å². The molecule has 4 atom stereocenters. The molecule has 3 N–H and O–H groups in total. The van der Waals surface area contributed by atoms with E-state index in [0.717, 1.165) is 68.3 Å². The summed E-state index contributed by atoms with van der Waals surface area (Å²) in [7, 11) is 0. The summed E-state index contributed by atoms with van der Waals surface area (Å²) >= 11 is 0. The Morgan fingerprint density at radius 1 is 0.930 bits per heavy atom. The molecule has 5 saturated carbocycles. The van der Waals surface area contributed by atoms with Crippen LogP contribution in [0.5, 0.6) is 0 Å². The summed E-state index contributed by atoms with van der Waals surface area (Å²) in [5, 5.41) is 9.88. The maximum absolute atomic E-state index is 9.88. The maximum atomic E-state index is 9.88. The first kappa shape index (κ1) is 30.2. The number of aliphatic imine (C=N–C) groups is 1. The molecule has 0 spiro atoms. The van der Waals surface area contributed by atoms with Crippen LogP contribution < -0.4 is 5.73 Å². The average molecular weight is 594 g/mol. The summed E-state index contributed by atoms with van der Waals surface area (Å²) < 4.78 is 0. The molecule has 0 aromatic rings. The fourth-order valence-corrected chi connectivity index (χ4v) is 11.8. The van der Waals surface area contributed by atoms with Crippen molar-refractivity contribution in [2.24, 2.45) is 45.7 Å². The molecule has 0 unspecified atom stereocenters. The highest BCUT2D eigenvalue weighted by Crippen LogP contribution is 2.60. The third kappa shape index (κ3) is 5.94. The van der Waals surface area contributed by atoms with Gasteiger partial charge in [0, 0.05) is 38.3 Å². The fourth-order valence-electron chi connectivity index (χ4n) is 11.8. The van der Waals surface area contributed by atoms with Crippen molar-refractivity contribution in [2.75, 3.05) is 32.7 Å². The molecule has 8 rings (SSSR count). The Morgan fingerprint density at radius 3 is 2.28 bits per heavy atom. The van der Waals surface area contributed by atoms with Gasteiger partial charge in [0.05, 0.1) is 18.8 Å². The van der Waals surface area contributed by atoms with Gasteiger partial charge >= 0.3 is 0 Å². The molecule has 0 radical (unpaired) electrons. The van der Waals surface area contributed by atoms with Gasteiger partial charge in [-0.15, -0.1) is 0 Å². The molecular weight excluding hydrogens is 530 g/mol. The zero-order valence-electron chi connectivity index (χ0n) is 27.9. The van der Waals surface area contributed by atoms with Crippen molar-refractivity contribution in [3.63, 3.8) is 0 Å². The van der Waals surface area contributed by atoms with E-state index >= 15 is 0 Å². The minimum absolute atomic E-state index is 0.349. The van der Waals surface area contributed by atoms with Gasteiger partial charge < -0.3 is 20.4 Å². The number of nitrogens with one attached hydrogen (secondary N) is 1. The molecule has 4 bridgehead atoms. The predicted octanol–water partition coefficient (Wildman–Crippen LogP) is 6.34. The van der Waals surface area contributed by atoms with Crippen molar-refractivity contribution in [1.29, 1.82) is 5.41 Å². The fraction of sp³-hybridized carbons (Fsp3) is 0.944. The zero-order valence-corrected chi connectivity index (χ0v) is 27.9. The zero-order chi connectivity index (χ0) is 29.7. The average Bonchev–Trinajstić information content (AvgIpc) is 3.66. The Morgan fingerprint density at radius 2 is 1.63 bits per heavy atom. The predicted molar refractivity (Wildman–Crippen MR) is 177 cm³/mol. The highest BCUT2D eigenvalue weighted by molar-refractivity contribution is 5.80. The molecule has 3 heterocycles. The van der Waals surface area contributed by atoms with Crippen LogP contribution in [0.4, 0.5) is 0 Å². The lowest BCUT2D eigenvalue weighted by atomic mass is 9.49. The monoisotopic (exact) mass is 594 g/mol. The minimum Gasteiger partial charge on any atom is -0.370 e. The van der Waals surface area contributed by atoms with Crippen LogP contribution in [-0.4, -0.2) is 88.5 Å². The van der Waals surface area contributed by atoms with Crippen LogP contribution in [0.15, 0.2) is 4.99 Å². The van der Waals surface area contributed by atoms with Crippen LogP contribution in [-0.2, 0) is 0 Å². The van der Waals surface area contributed by atoms with Crippen molar-refractivity contribution in [2.45, 2.75) is 148 Å². The molecule has 7 heteroatoms. The first-order valence-corrected chi connectivity index (χ1v) is 18.8. The normalized spacial score (nSPS) is 39.1. The van der Waals surface area contributed by atoms with Gasteiger partial charge in [0.1, 0.15) is 0 Å². The van der Waals surface area contributed by atoms with Gasteiger partial charge in [-0.05, 0) is 99.2 Å². The van der Waals surface area contributed by atoms with Gasteiger partial charge in [-0.2, -0.15) is 0 Å². The van der Waals surface area contributed by atoms with Crippen molar-refractivity contribution >= 4 is 11.9 Å². The third-order valence-electron chi connectivity index (χ3n) is 13.4. The molecule has 2 saturated heterocycles. The first-order chi connectivity index (χ1) is 20.8. The number of likely N-dealkylation sites (tertiary alicyclic amines) is 1. The smallest absolute Gasteiger partial charge is 0.195 e. The molecule has 0 aromatic carbocycles. The number of guanidine groups is 2. The van der Waals surface area contributed by atoms with E-state index in [-0.39, 0.29) is 0 Å². The summed E-state index contributed by atoms with van der Waals surface area (Å²) in [6.07, 6.45) is 22.3. The molecule has 0 amide bonds. The Labute approximate surface area is 262 Å². The van der Waals surface area contributed by atoms with Gasteiger partial charge in [0.25, 0.3) is 0 Å². The van der Waals surface area contributed by atoms with E-state index in [1.807, 2.05) is 0 Å². The Bertz CT molecular complexity index is 982.